The number of nitriles is 1. The van der Waals surface area contributed by atoms with Gasteiger partial charge < -0.3 is 35.2 Å². The van der Waals surface area contributed by atoms with Crippen molar-refractivity contribution in [1.29, 1.82) is 5.26 Å². The molecule has 4 heterocycles. The Morgan fingerprint density at radius 2 is 1.36 bits per heavy atom. The fraction of sp³-hybridized carbons (Fsp3) is 0.590. The van der Waals surface area contributed by atoms with Crippen molar-refractivity contribution in [2.75, 3.05) is 125 Å². The molecule has 1 aromatic heterocycles. The number of pyridine rings is 1. The number of aliphatic carboxylic acids is 3. The van der Waals surface area contributed by atoms with Crippen LogP contribution in [-0.4, -0.2) is 227 Å². The largest absolute Gasteiger partial charge is 0.494 e. The van der Waals surface area contributed by atoms with E-state index in [1.807, 2.05) is 4.90 Å². The Morgan fingerprint density at radius 1 is 0.787 bits per heavy atom. The van der Waals surface area contributed by atoms with Gasteiger partial charge >= 0.3 is 17.9 Å². The lowest BCUT2D eigenvalue weighted by molar-refractivity contribution is -0.141. The van der Waals surface area contributed by atoms with Gasteiger partial charge in [-0.05, 0) is 30.7 Å². The van der Waals surface area contributed by atoms with Gasteiger partial charge in [0.05, 0.1) is 69.7 Å². The highest BCUT2D eigenvalue weighted by Crippen LogP contribution is 2.31. The number of nitrogens with zero attached hydrogens (tertiary/aromatic N) is 9. The van der Waals surface area contributed by atoms with Crippen molar-refractivity contribution < 1.29 is 57.6 Å². The molecule has 22 heteroatoms. The van der Waals surface area contributed by atoms with Crippen LogP contribution in [0.25, 0.3) is 10.9 Å². The van der Waals surface area contributed by atoms with E-state index in [1.54, 1.807) is 43.9 Å². The average molecular weight is 859 g/mol. The Morgan fingerprint density at radius 3 is 1.97 bits per heavy atom. The number of aromatic nitrogens is 1. The predicted molar refractivity (Wildman–Crippen MR) is 212 cm³/mol. The number of hydrogen-bond acceptors (Lipinski definition) is 14. The van der Waals surface area contributed by atoms with Gasteiger partial charge in [0.15, 0.2) is 0 Å². The van der Waals surface area contributed by atoms with Gasteiger partial charge in [-0.15, -0.1) is 0 Å². The van der Waals surface area contributed by atoms with E-state index in [0.29, 0.717) is 75.5 Å². The number of carboxylic acid groups (broad SMARTS) is 3. The van der Waals surface area contributed by atoms with Gasteiger partial charge in [-0.2, -0.15) is 5.26 Å². The molecule has 0 unspecified atom stereocenters. The number of ether oxygens (including phenoxy) is 1. The number of hydrogen-bond donors (Lipinski definition) is 4. The molecule has 3 amide bonds. The topological polar surface area (TPSA) is 244 Å². The summed E-state index contributed by atoms with van der Waals surface area (Å²) in [4.78, 5) is 89.8. The molecular formula is C39H52F2N10O10. The first kappa shape index (κ1) is 46.5. The highest BCUT2D eigenvalue weighted by atomic mass is 19.3. The second kappa shape index (κ2) is 21.8. The standard InChI is InChI=1S/C39H52F2N10O10/c40-39(41)19-28(20-42)51(26-39)33(52)21-44-38(60)30-4-5-43-32-3-2-29(18-31(30)32)61-17-1-6-45-13-15-50(16-14-45)34(53)22-48-11-9-46(23-35(54)55)7-8-47(24-36(56)57)10-12-49(27-48)25-37(58)59/h2-5,18,28H,1,6-17,19,21-27H2,(H,44,60)(H,54,55)(H,56,57)(H,58,59)/t28-/m0/s1. The van der Waals surface area contributed by atoms with Gasteiger partial charge in [0.1, 0.15) is 11.8 Å². The molecule has 3 saturated heterocycles. The lowest BCUT2D eigenvalue weighted by atomic mass is 10.1. The Labute approximate surface area is 350 Å². The molecule has 2 aromatic rings. The molecule has 0 bridgehead atoms. The zero-order chi connectivity index (χ0) is 44.1. The summed E-state index contributed by atoms with van der Waals surface area (Å²) in [6.45, 7) is 2.67. The van der Waals surface area contributed by atoms with Gasteiger partial charge in [0.25, 0.3) is 11.8 Å². The van der Waals surface area contributed by atoms with Crippen LogP contribution in [0.1, 0.15) is 23.2 Å². The minimum Gasteiger partial charge on any atom is -0.494 e. The second-order valence-electron chi connectivity index (χ2n) is 15.4. The van der Waals surface area contributed by atoms with Crippen molar-refractivity contribution >= 4 is 46.5 Å². The van der Waals surface area contributed by atoms with Crippen molar-refractivity contribution in [1.82, 2.24) is 44.6 Å². The summed E-state index contributed by atoms with van der Waals surface area (Å²) in [6.07, 6.45) is 1.34. The summed E-state index contributed by atoms with van der Waals surface area (Å²) in [5.74, 6) is -7.38. The monoisotopic (exact) mass is 858 g/mol. The summed E-state index contributed by atoms with van der Waals surface area (Å²) in [5.41, 5.74) is 0.700. The molecule has 0 spiro atoms. The number of carboxylic acids is 3. The zero-order valence-corrected chi connectivity index (χ0v) is 33.8. The van der Waals surface area contributed by atoms with Crippen LogP contribution < -0.4 is 10.1 Å². The van der Waals surface area contributed by atoms with E-state index < -0.39 is 61.2 Å². The molecule has 0 aliphatic carbocycles. The number of nitrogens with one attached hydrogen (secondary N) is 1. The van der Waals surface area contributed by atoms with Gasteiger partial charge in [0.2, 0.25) is 11.8 Å². The van der Waals surface area contributed by atoms with Crippen LogP contribution in [0.15, 0.2) is 30.5 Å². The lowest BCUT2D eigenvalue weighted by Crippen LogP contribution is -2.53. The van der Waals surface area contributed by atoms with Gasteiger partial charge in [-0.25, -0.2) is 8.78 Å². The molecule has 0 saturated carbocycles. The first-order valence-corrected chi connectivity index (χ1v) is 20.0. The Balaban J connectivity index is 1.09. The van der Waals surface area contributed by atoms with Crippen LogP contribution in [0.3, 0.4) is 0 Å². The molecule has 332 valence electrons. The number of alkyl halides is 2. The number of piperazine rings is 1. The fourth-order valence-electron chi connectivity index (χ4n) is 7.60. The Hall–Kier alpha value is -5.60. The van der Waals surface area contributed by atoms with Crippen LogP contribution in [0.2, 0.25) is 0 Å². The van der Waals surface area contributed by atoms with Crippen LogP contribution in [0.5, 0.6) is 5.75 Å². The number of likely N-dealkylation sites (tertiary alicyclic amines) is 1. The van der Waals surface area contributed by atoms with E-state index in [9.17, 15) is 58.1 Å². The second-order valence-corrected chi connectivity index (χ2v) is 15.4. The Kier molecular flexibility index (Phi) is 16.6. The third kappa shape index (κ3) is 14.2. The number of halogens is 2. The number of amides is 3. The predicted octanol–water partition coefficient (Wildman–Crippen LogP) is -0.930. The molecular weight excluding hydrogens is 806 g/mol. The number of benzene rings is 1. The van der Waals surface area contributed by atoms with Crippen molar-refractivity contribution in [3.05, 3.63) is 36.0 Å². The van der Waals surface area contributed by atoms with Crippen LogP contribution >= 0.6 is 0 Å². The normalized spacial score (nSPS) is 20.1. The maximum Gasteiger partial charge on any atom is 0.317 e. The minimum absolute atomic E-state index is 0.00461. The number of rotatable bonds is 16. The molecule has 0 radical (unpaired) electrons. The molecule has 1 aromatic carbocycles. The molecule has 3 fully saturated rings. The molecule has 1 atom stereocenters. The maximum atomic E-state index is 13.8. The van der Waals surface area contributed by atoms with E-state index in [1.165, 1.54) is 12.3 Å². The summed E-state index contributed by atoms with van der Waals surface area (Å²) >= 11 is 0. The summed E-state index contributed by atoms with van der Waals surface area (Å²) < 4.78 is 33.6. The highest BCUT2D eigenvalue weighted by Gasteiger charge is 2.47. The third-order valence-corrected chi connectivity index (χ3v) is 10.7. The van der Waals surface area contributed by atoms with Gasteiger partial charge in [-0.3, -0.25) is 58.3 Å². The van der Waals surface area contributed by atoms with E-state index in [4.69, 9.17) is 4.74 Å². The minimum atomic E-state index is -3.17. The molecule has 5 rings (SSSR count). The molecule has 3 aliphatic heterocycles. The maximum absolute atomic E-state index is 13.8. The van der Waals surface area contributed by atoms with Crippen LogP contribution in [0.4, 0.5) is 8.78 Å². The van der Waals surface area contributed by atoms with E-state index in [2.05, 4.69) is 15.2 Å². The molecule has 4 N–H and O–H groups in total. The summed E-state index contributed by atoms with van der Waals surface area (Å²) in [5, 5.41) is 40.5. The summed E-state index contributed by atoms with van der Waals surface area (Å²) in [6, 6.07) is 6.98. The van der Waals surface area contributed by atoms with Crippen molar-refractivity contribution in [2.45, 2.75) is 24.8 Å². The average Bonchev–Trinajstić information content (AvgIpc) is 3.53. The van der Waals surface area contributed by atoms with Gasteiger partial charge in [-0.1, -0.05) is 0 Å². The SMILES string of the molecule is N#C[C@@H]1CC(F)(F)CN1C(=O)CNC(=O)c1ccnc2ccc(OCCCN3CCN(C(=O)CN4CCN(CC(=O)O)CCN(CC(=O)O)CCN(CC(=O)O)C4)CC3)cc12. The smallest absolute Gasteiger partial charge is 0.317 e. The van der Waals surface area contributed by atoms with Crippen molar-refractivity contribution in [3.8, 4) is 11.8 Å². The van der Waals surface area contributed by atoms with Crippen LogP contribution in [0, 0.1) is 11.3 Å². The highest BCUT2D eigenvalue weighted by molar-refractivity contribution is 6.07. The number of carbonyl (C=O) groups is 6. The number of carbonyl (C=O) groups excluding carboxylic acids is 3. The van der Waals surface area contributed by atoms with Crippen molar-refractivity contribution in [2.24, 2.45) is 0 Å². The van der Waals surface area contributed by atoms with Crippen molar-refractivity contribution in [3.63, 3.8) is 0 Å². The lowest BCUT2D eigenvalue weighted by Gasteiger charge is -2.36. The van der Waals surface area contributed by atoms with Gasteiger partial charge in [0, 0.05) is 90.0 Å². The fourth-order valence-corrected chi connectivity index (χ4v) is 7.60. The van der Waals surface area contributed by atoms with E-state index >= 15 is 0 Å². The summed E-state index contributed by atoms with van der Waals surface area (Å²) in [7, 11) is 0. The van der Waals surface area contributed by atoms with Crippen LogP contribution in [-0.2, 0) is 24.0 Å². The quantitative estimate of drug-likeness (QED) is 0.149. The van der Waals surface area contributed by atoms with E-state index in [-0.39, 0.29) is 70.5 Å². The van der Waals surface area contributed by atoms with E-state index in [0.717, 1.165) is 4.90 Å². The third-order valence-electron chi connectivity index (χ3n) is 10.7. The number of fused-ring (bicyclic) bond motifs is 1. The Bertz CT molecular complexity index is 1950. The molecule has 20 nitrogen and oxygen atoms in total. The molecule has 3 aliphatic rings. The first-order chi connectivity index (χ1) is 29.1. The first-order valence-electron chi connectivity index (χ1n) is 20.0. The zero-order valence-electron chi connectivity index (χ0n) is 33.8. The molecule has 61 heavy (non-hydrogen) atoms.